The van der Waals surface area contributed by atoms with Crippen molar-refractivity contribution in [1.29, 1.82) is 0 Å². The van der Waals surface area contributed by atoms with Crippen molar-refractivity contribution in [2.75, 3.05) is 0 Å². The van der Waals surface area contributed by atoms with Crippen molar-refractivity contribution in [3.63, 3.8) is 0 Å². The first kappa shape index (κ1) is 64.3. The normalized spacial score (nSPS) is 1.50. The fourth-order valence-corrected chi connectivity index (χ4v) is 0. The standard InChI is InChI=1S/CH3O.Re.Rf/c1-2;;/h2H,1H2;;/q-1;;. The molecule has 0 spiro atoms. The van der Waals surface area contributed by atoms with Gasteiger partial charge in [-0.2, -0.15) is 0 Å². The summed E-state index contributed by atoms with van der Waals surface area (Å²) < 4.78 is 0. The van der Waals surface area contributed by atoms with Crippen molar-refractivity contribution in [2.45, 2.75) is 0 Å². The Morgan fingerprint density at radius 1 is 1.25 bits per heavy atom. The third-order valence-corrected chi connectivity index (χ3v) is 0. The summed E-state index contributed by atoms with van der Waals surface area (Å²) >= 11 is 0. The van der Waals surface area contributed by atoms with Gasteiger partial charge >= 0.3 is 0 Å². The van der Waals surface area contributed by atoms with Crippen LogP contribution >= 0.6 is 0 Å². The molecule has 1 N–H and O–H groups in total. The molecule has 1 nitrogen and oxygen atoms in total. The van der Waals surface area contributed by atoms with E-state index in [4.69, 9.17) is 5.11 Å². The fraction of sp³-hybridized carbons (Fsp3) is 0. The number of aliphatic hydroxyl groups excluding tert-OH is 1. The van der Waals surface area contributed by atoms with E-state index in [1.54, 1.807) is 0 Å². The van der Waals surface area contributed by atoms with Gasteiger partial charge in [0.2, 0.25) is 0 Å². The van der Waals surface area contributed by atoms with E-state index < -0.39 is 0 Å². The molecule has 0 rings (SSSR count). The molecule has 0 saturated carbocycles. The Morgan fingerprint density at radius 2 is 1.25 bits per heavy atom. The van der Waals surface area contributed by atoms with Gasteiger partial charge in [-0.05, 0) is 0 Å². The molecule has 0 heterocycles. The van der Waals surface area contributed by atoms with E-state index in [1.165, 1.54) is 0 Å². The Labute approximate surface area is 33.3 Å². The molecule has 1 radical (unpaired) electrons. The number of rotatable bonds is 0. The molecular weight excluding hydrogens is 481 g/mol. The minimum absolute atomic E-state index is 0. The summed E-state index contributed by atoms with van der Waals surface area (Å²) in [7, 11) is 2.25. The monoisotopic (exact) mass is 485 g/mol. The zero-order valence-electron chi connectivity index (χ0n) is 2.24. The predicted molar refractivity (Wildman–Crippen MR) is 7.29 cm³/mol. The van der Waals surface area contributed by atoms with Crippen LogP contribution in [0.15, 0.2) is 0 Å². The third-order valence-electron chi connectivity index (χ3n) is 0. The number of hydrogen-bond acceptors (Lipinski definition) is 1. The first-order chi connectivity index (χ1) is 1.00. The van der Waals surface area contributed by atoms with Crippen LogP contribution < -0.4 is 0 Å². The maximum atomic E-state index is 6.75. The molecule has 0 atom stereocenters. The average Bonchev–Trinajstić information content (AvgIpc) is 1.00. The van der Waals surface area contributed by atoms with E-state index in [0.717, 1.165) is 0 Å². The Hall–Kier alpha value is -0.378. The van der Waals surface area contributed by atoms with Crippen LogP contribution in [0.1, 0.15) is 0 Å². The predicted octanol–water partition coefficient (Wildman–Crippen LogP) is 0.148. The third kappa shape index (κ3) is 4.41. The van der Waals surface area contributed by atoms with Crippen LogP contribution in [0.5, 0.6) is 0 Å². The van der Waals surface area contributed by atoms with Crippen LogP contribution in [0.4, 0.5) is 0 Å². The summed E-state index contributed by atoms with van der Waals surface area (Å²) in [6.45, 7) is 0. The van der Waals surface area contributed by atoms with Gasteiger partial charge in [0.05, 0.1) is 0 Å². The molecule has 0 unspecified atom stereocenters. The maximum absolute atomic E-state index is 6.75. The summed E-state index contributed by atoms with van der Waals surface area (Å²) in [5.41, 5.74) is 0. The second-order valence-corrected chi connectivity index (χ2v) is 0. The molecule has 0 aromatic carbocycles. The molecule has 0 saturated heterocycles. The van der Waals surface area contributed by atoms with Crippen molar-refractivity contribution >= 4 is 0 Å². The van der Waals surface area contributed by atoms with Crippen LogP contribution in [-0.4, -0.2) is 5.11 Å². The van der Waals surface area contributed by atoms with Crippen LogP contribution in [0.2, 0.25) is 0 Å². The van der Waals surface area contributed by atoms with Gasteiger partial charge in [0.1, 0.15) is 0 Å². The van der Waals surface area contributed by atoms with Gasteiger partial charge < -0.3 is 5.11 Å². The SMILES string of the molecule is [CH2-]O.[Re].[Rf]. The van der Waals surface area contributed by atoms with E-state index >= 15 is 0 Å². The number of hydrogen-bond donors (Lipinski definition) is 1. The minimum atomic E-state index is 0. The molecule has 3 heteroatoms. The molecular formula is CH3OReRf-. The second-order valence-electron chi connectivity index (χ2n) is 0. The van der Waals surface area contributed by atoms with Crippen molar-refractivity contribution < 1.29 is 25.5 Å². The van der Waals surface area contributed by atoms with Gasteiger partial charge in [-0.3, -0.25) is 0 Å². The Balaban J connectivity index is -0.00000000500. The molecule has 0 amide bonds. The van der Waals surface area contributed by atoms with Gasteiger partial charge in [-0.25, -0.2) is 7.11 Å². The van der Waals surface area contributed by atoms with Crippen LogP contribution in [-0.2, 0) is 20.4 Å². The number of aliphatic hydroxyl groups is 1. The smallest absolute Gasteiger partial charge is 0 e. The average molecular weight is 484 g/mol. The van der Waals surface area contributed by atoms with Gasteiger partial charge in [0, 0.05) is 20.4 Å². The van der Waals surface area contributed by atoms with Crippen molar-refractivity contribution in [3.05, 3.63) is 7.11 Å². The van der Waals surface area contributed by atoms with E-state index in [-0.39, 0.29) is 20.4 Å². The topological polar surface area (TPSA) is 20.2 Å². The van der Waals surface area contributed by atoms with Gasteiger partial charge in [-0.1, -0.05) is 0 Å². The van der Waals surface area contributed by atoms with Crippen molar-refractivity contribution in [1.82, 2.24) is 0 Å². The van der Waals surface area contributed by atoms with E-state index in [0.29, 0.717) is 0 Å². The molecule has 0 aliphatic heterocycles. The van der Waals surface area contributed by atoms with Gasteiger partial charge in [0.25, 0.3) is 0 Å². The largest absolute Gasteiger partial charge is 0.569 e. The van der Waals surface area contributed by atoms with Crippen molar-refractivity contribution in [2.24, 2.45) is 0 Å². The first-order valence-electron chi connectivity index (χ1n) is 0.316. The van der Waals surface area contributed by atoms with Gasteiger partial charge in [-0.15, -0.1) is 0 Å². The second kappa shape index (κ2) is 48.4. The van der Waals surface area contributed by atoms with Crippen molar-refractivity contribution in [3.8, 4) is 0 Å². The summed E-state index contributed by atoms with van der Waals surface area (Å²) in [4.78, 5) is 0. The van der Waals surface area contributed by atoms with Crippen LogP contribution in [0, 0.1) is 7.11 Å². The molecule has 0 fully saturated rings. The summed E-state index contributed by atoms with van der Waals surface area (Å²) in [6.07, 6.45) is 0. The summed E-state index contributed by atoms with van der Waals surface area (Å²) in [5, 5.41) is 6.75. The molecule has 0 aromatic heterocycles. The molecule has 4 heavy (non-hydrogen) atoms. The molecule has 23 valence electrons. The molecule has 0 aliphatic rings. The van der Waals surface area contributed by atoms with E-state index in [1.807, 2.05) is 0 Å². The van der Waals surface area contributed by atoms with Crippen LogP contribution in [0.3, 0.4) is 0 Å². The van der Waals surface area contributed by atoms with E-state index in [9.17, 15) is 0 Å². The van der Waals surface area contributed by atoms with Crippen LogP contribution in [0.25, 0.3) is 0 Å². The Kier molecular flexibility index (Phi) is 778. The summed E-state index contributed by atoms with van der Waals surface area (Å²) in [6, 6.07) is 0. The zero-order valence-corrected chi connectivity index (χ0v) is 11.4. The Bertz CT molecular complexity index is 8.00. The quantitative estimate of drug-likeness (QED) is 0.486. The zero-order chi connectivity index (χ0) is 2.00. The molecule has 0 bridgehead atoms. The first-order valence-corrected chi connectivity index (χ1v) is 0.316. The fourth-order valence-electron chi connectivity index (χ4n) is 0. The van der Waals surface area contributed by atoms with E-state index in [2.05, 4.69) is 7.11 Å². The molecule has 0 aliphatic carbocycles. The maximum Gasteiger partial charge on any atom is 0 e. The summed E-state index contributed by atoms with van der Waals surface area (Å²) in [5.74, 6) is 0. The Morgan fingerprint density at radius 3 is 1.25 bits per heavy atom. The van der Waals surface area contributed by atoms with Gasteiger partial charge in [0.15, 0.2) is 0 Å². The minimum Gasteiger partial charge on any atom is -0.569 e. The molecule has 0 aromatic rings.